The van der Waals surface area contributed by atoms with Crippen LogP contribution in [-0.4, -0.2) is 46.1 Å². The number of ether oxygens (including phenoxy) is 1. The first-order valence-electron chi connectivity index (χ1n) is 6.89. The van der Waals surface area contributed by atoms with Gasteiger partial charge in [-0.05, 0) is 31.8 Å². The molecule has 0 amide bonds. The van der Waals surface area contributed by atoms with E-state index in [0.29, 0.717) is 5.92 Å². The Hall–Kier alpha value is -1.05. The molecule has 0 atom stereocenters. The van der Waals surface area contributed by atoms with Gasteiger partial charge in [-0.1, -0.05) is 11.3 Å². The second-order valence-electron chi connectivity index (χ2n) is 5.36. The summed E-state index contributed by atoms with van der Waals surface area (Å²) < 4.78 is 7.37. The molecule has 0 bridgehead atoms. The molecular weight excluding hydrogens is 262 g/mol. The molecule has 0 aromatic carbocycles. The van der Waals surface area contributed by atoms with Crippen molar-refractivity contribution in [2.45, 2.75) is 25.2 Å². The zero-order valence-electron chi connectivity index (χ0n) is 10.7. The standard InChI is InChI=1S/C12H17N5OS/c1-3-18-4-2-9(1)11-14-15-12-17(11)16-10(19-12)5-8-6-13-7-8/h8-9,13H,1-7H2. The molecule has 0 unspecified atom stereocenters. The van der Waals surface area contributed by atoms with Crippen molar-refractivity contribution in [2.24, 2.45) is 5.92 Å². The number of nitrogens with one attached hydrogen (secondary N) is 1. The molecule has 0 aliphatic carbocycles. The topological polar surface area (TPSA) is 64.3 Å². The van der Waals surface area contributed by atoms with E-state index in [4.69, 9.17) is 9.84 Å². The highest BCUT2D eigenvalue weighted by Gasteiger charge is 2.24. The van der Waals surface area contributed by atoms with E-state index in [9.17, 15) is 0 Å². The number of hydrogen-bond acceptors (Lipinski definition) is 6. The summed E-state index contributed by atoms with van der Waals surface area (Å²) >= 11 is 1.68. The third kappa shape index (κ3) is 2.15. The third-order valence-electron chi connectivity index (χ3n) is 3.97. The summed E-state index contributed by atoms with van der Waals surface area (Å²) in [5.74, 6) is 2.21. The molecule has 2 aliphatic rings. The van der Waals surface area contributed by atoms with E-state index in [1.165, 1.54) is 5.01 Å². The maximum Gasteiger partial charge on any atom is 0.234 e. The number of nitrogens with zero attached hydrogens (tertiary/aromatic N) is 4. The second kappa shape index (κ2) is 4.81. The largest absolute Gasteiger partial charge is 0.381 e. The quantitative estimate of drug-likeness (QED) is 0.902. The average molecular weight is 279 g/mol. The molecule has 102 valence electrons. The molecule has 2 aromatic rings. The Bertz CT molecular complexity index is 570. The third-order valence-corrected chi connectivity index (χ3v) is 4.89. The summed E-state index contributed by atoms with van der Waals surface area (Å²) in [4.78, 5) is 0.934. The number of rotatable bonds is 3. The SMILES string of the molecule is C1CC(c2nnc3sc(CC4CNC4)nn23)CCO1. The molecule has 7 heteroatoms. The van der Waals surface area contributed by atoms with Gasteiger partial charge in [-0.25, -0.2) is 0 Å². The van der Waals surface area contributed by atoms with Crippen LogP contribution in [0.4, 0.5) is 0 Å². The van der Waals surface area contributed by atoms with Crippen LogP contribution >= 0.6 is 11.3 Å². The second-order valence-corrected chi connectivity index (χ2v) is 6.40. The summed E-state index contributed by atoms with van der Waals surface area (Å²) in [7, 11) is 0. The van der Waals surface area contributed by atoms with Gasteiger partial charge in [-0.15, -0.1) is 10.2 Å². The highest BCUT2D eigenvalue weighted by molar-refractivity contribution is 7.16. The summed E-state index contributed by atoms with van der Waals surface area (Å²) in [6.07, 6.45) is 3.12. The highest BCUT2D eigenvalue weighted by Crippen LogP contribution is 2.27. The van der Waals surface area contributed by atoms with Crippen LogP contribution in [0.3, 0.4) is 0 Å². The van der Waals surface area contributed by atoms with Crippen LogP contribution < -0.4 is 5.32 Å². The van der Waals surface area contributed by atoms with Crippen LogP contribution in [0.15, 0.2) is 0 Å². The molecule has 2 fully saturated rings. The zero-order valence-corrected chi connectivity index (χ0v) is 11.5. The lowest BCUT2D eigenvalue weighted by Crippen LogP contribution is -2.43. The van der Waals surface area contributed by atoms with Crippen molar-refractivity contribution in [2.75, 3.05) is 26.3 Å². The fourth-order valence-corrected chi connectivity index (χ4v) is 3.66. The van der Waals surface area contributed by atoms with Gasteiger partial charge in [0, 0.05) is 25.6 Å². The normalized spacial score (nSPS) is 21.9. The summed E-state index contributed by atoms with van der Waals surface area (Å²) in [5, 5.41) is 17.8. The Kier molecular flexibility index (Phi) is 2.97. The maximum atomic E-state index is 5.41. The van der Waals surface area contributed by atoms with Gasteiger partial charge in [0.1, 0.15) is 5.01 Å². The van der Waals surface area contributed by atoms with Crippen molar-refractivity contribution in [1.29, 1.82) is 0 Å². The van der Waals surface area contributed by atoms with E-state index >= 15 is 0 Å². The van der Waals surface area contributed by atoms with Crippen LogP contribution in [0.5, 0.6) is 0 Å². The van der Waals surface area contributed by atoms with Crippen molar-refractivity contribution in [3.63, 3.8) is 0 Å². The average Bonchev–Trinajstić information content (AvgIpc) is 2.94. The van der Waals surface area contributed by atoms with E-state index in [1.807, 2.05) is 4.52 Å². The van der Waals surface area contributed by atoms with Gasteiger partial charge in [-0.3, -0.25) is 0 Å². The van der Waals surface area contributed by atoms with Gasteiger partial charge in [0.15, 0.2) is 5.82 Å². The summed E-state index contributed by atoms with van der Waals surface area (Å²) in [6.45, 7) is 3.88. The Morgan fingerprint density at radius 3 is 2.84 bits per heavy atom. The van der Waals surface area contributed by atoms with Crippen molar-refractivity contribution >= 4 is 16.3 Å². The lowest BCUT2D eigenvalue weighted by molar-refractivity contribution is 0.0831. The lowest BCUT2D eigenvalue weighted by Gasteiger charge is -2.25. The van der Waals surface area contributed by atoms with Crippen LogP contribution in [-0.2, 0) is 11.2 Å². The van der Waals surface area contributed by atoms with Gasteiger partial charge in [-0.2, -0.15) is 9.61 Å². The molecule has 0 radical (unpaired) electrons. The molecular formula is C12H17N5OS. The van der Waals surface area contributed by atoms with E-state index in [0.717, 1.165) is 62.3 Å². The molecule has 4 rings (SSSR count). The van der Waals surface area contributed by atoms with Gasteiger partial charge >= 0.3 is 0 Å². The van der Waals surface area contributed by atoms with Gasteiger partial charge in [0.25, 0.3) is 0 Å². The lowest BCUT2D eigenvalue weighted by atomic mass is 10.00. The minimum atomic E-state index is 0.448. The number of aromatic nitrogens is 4. The Balaban J connectivity index is 1.60. The van der Waals surface area contributed by atoms with Crippen molar-refractivity contribution < 1.29 is 4.74 Å². The summed E-state index contributed by atoms with van der Waals surface area (Å²) in [5.41, 5.74) is 0. The van der Waals surface area contributed by atoms with Crippen molar-refractivity contribution in [1.82, 2.24) is 25.1 Å². The Morgan fingerprint density at radius 1 is 1.26 bits per heavy atom. The van der Waals surface area contributed by atoms with E-state index in [2.05, 4.69) is 15.5 Å². The number of fused-ring (bicyclic) bond motifs is 1. The van der Waals surface area contributed by atoms with Gasteiger partial charge in [0.2, 0.25) is 4.96 Å². The smallest absolute Gasteiger partial charge is 0.234 e. The first-order valence-corrected chi connectivity index (χ1v) is 7.71. The molecule has 0 spiro atoms. The fraction of sp³-hybridized carbons (Fsp3) is 0.750. The monoisotopic (exact) mass is 279 g/mol. The highest BCUT2D eigenvalue weighted by atomic mass is 32.1. The molecule has 6 nitrogen and oxygen atoms in total. The minimum Gasteiger partial charge on any atom is -0.381 e. The van der Waals surface area contributed by atoms with Crippen LogP contribution in [0.25, 0.3) is 4.96 Å². The van der Waals surface area contributed by atoms with Crippen LogP contribution in [0.1, 0.15) is 29.6 Å². The van der Waals surface area contributed by atoms with Crippen LogP contribution in [0.2, 0.25) is 0 Å². The Morgan fingerprint density at radius 2 is 2.11 bits per heavy atom. The fourth-order valence-electron chi connectivity index (χ4n) is 2.70. The first-order chi connectivity index (χ1) is 9.40. The molecule has 2 aliphatic heterocycles. The van der Waals surface area contributed by atoms with E-state index < -0.39 is 0 Å². The van der Waals surface area contributed by atoms with E-state index in [1.54, 1.807) is 11.3 Å². The molecule has 1 N–H and O–H groups in total. The number of hydrogen-bond donors (Lipinski definition) is 1. The molecule has 0 saturated carbocycles. The van der Waals surface area contributed by atoms with Crippen molar-refractivity contribution in [3.8, 4) is 0 Å². The minimum absolute atomic E-state index is 0.448. The molecule has 2 saturated heterocycles. The zero-order chi connectivity index (χ0) is 12.7. The van der Waals surface area contributed by atoms with Gasteiger partial charge in [0.05, 0.1) is 0 Å². The Labute approximate surface area is 115 Å². The van der Waals surface area contributed by atoms with Gasteiger partial charge < -0.3 is 10.1 Å². The molecule has 4 heterocycles. The predicted molar refractivity (Wildman–Crippen MR) is 71.5 cm³/mol. The first kappa shape index (κ1) is 11.7. The maximum absolute atomic E-state index is 5.41. The predicted octanol–water partition coefficient (Wildman–Crippen LogP) is 0.842. The van der Waals surface area contributed by atoms with E-state index in [-0.39, 0.29) is 0 Å². The van der Waals surface area contributed by atoms with Crippen LogP contribution in [0, 0.1) is 5.92 Å². The summed E-state index contributed by atoms with van der Waals surface area (Å²) in [6, 6.07) is 0. The molecule has 19 heavy (non-hydrogen) atoms. The molecule has 2 aromatic heterocycles. The van der Waals surface area contributed by atoms with Crippen molar-refractivity contribution in [3.05, 3.63) is 10.8 Å².